The predicted octanol–water partition coefficient (Wildman–Crippen LogP) is 7.20. The number of benzene rings is 6. The normalized spacial score (nSPS) is 14.1. The van der Waals surface area contributed by atoms with Gasteiger partial charge < -0.3 is 8.83 Å². The van der Waals surface area contributed by atoms with Gasteiger partial charge in [-0.2, -0.15) is 0 Å². The summed E-state index contributed by atoms with van der Waals surface area (Å²) in [5.41, 5.74) is 5.25. The number of fused-ring (bicyclic) bond motifs is 7. The van der Waals surface area contributed by atoms with Gasteiger partial charge in [0.25, 0.3) is 23.6 Å². The molecule has 0 fully saturated rings. The van der Waals surface area contributed by atoms with Crippen LogP contribution in [-0.4, -0.2) is 33.6 Å². The molecule has 4 heterocycles. The van der Waals surface area contributed by atoms with Crippen LogP contribution in [0.2, 0.25) is 0 Å². The highest BCUT2D eigenvalue weighted by Gasteiger charge is 2.39. The Labute approximate surface area is 319 Å². The van der Waals surface area contributed by atoms with Crippen molar-refractivity contribution in [2.24, 2.45) is 0 Å². The fraction of sp³-hybridized carbons (Fsp3) is 0.0222. The fourth-order valence-electron chi connectivity index (χ4n) is 7.92. The molecule has 57 heavy (non-hydrogen) atoms. The maximum Gasteiger partial charge on any atom is 0.347 e. The van der Waals surface area contributed by atoms with E-state index in [-0.39, 0.29) is 34.0 Å². The number of imide groups is 2. The Morgan fingerprint density at radius 1 is 0.421 bits per heavy atom. The standard InChI is InChI=1S/C45H22N4O8/c50-40-28-15-11-24(38-46-36-7-3-1-5-30(36)44(54)56-38)18-34(28)42(52)48(40)26-13-9-22-17-23-10-14-27(21-33(23)32(22)20-26)49-41(51)29-16-12-25(19-35(29)43(49)53)39-47-37-8-4-2-6-31(37)45(55)57-39/h1-16,18-21H,17H2. The van der Waals surface area contributed by atoms with E-state index in [0.29, 0.717) is 50.7 Å². The quantitative estimate of drug-likeness (QED) is 0.169. The van der Waals surface area contributed by atoms with Gasteiger partial charge in [-0.1, -0.05) is 36.4 Å². The van der Waals surface area contributed by atoms with Crippen LogP contribution in [0.25, 0.3) is 55.8 Å². The van der Waals surface area contributed by atoms with Gasteiger partial charge in [0.2, 0.25) is 11.8 Å². The molecule has 2 aliphatic heterocycles. The summed E-state index contributed by atoms with van der Waals surface area (Å²) >= 11 is 0. The Balaban J connectivity index is 0.907. The van der Waals surface area contributed by atoms with Crippen LogP contribution in [0.5, 0.6) is 0 Å². The first-order valence-electron chi connectivity index (χ1n) is 17.8. The second-order valence-corrected chi connectivity index (χ2v) is 13.9. The molecule has 0 atom stereocenters. The summed E-state index contributed by atoms with van der Waals surface area (Å²) in [6, 6.07) is 33.5. The molecule has 0 N–H and O–H groups in total. The molecule has 0 saturated carbocycles. The van der Waals surface area contributed by atoms with E-state index in [2.05, 4.69) is 9.97 Å². The van der Waals surface area contributed by atoms with Crippen molar-refractivity contribution in [1.29, 1.82) is 0 Å². The van der Waals surface area contributed by atoms with Gasteiger partial charge in [0.15, 0.2) is 0 Å². The zero-order chi connectivity index (χ0) is 38.7. The molecule has 3 aliphatic rings. The van der Waals surface area contributed by atoms with Crippen LogP contribution in [0.1, 0.15) is 52.6 Å². The fourth-order valence-corrected chi connectivity index (χ4v) is 7.92. The summed E-state index contributed by atoms with van der Waals surface area (Å²) in [4.78, 5) is 91.7. The monoisotopic (exact) mass is 746 g/mol. The maximum atomic E-state index is 13.9. The number of carbonyl (C=O) groups is 4. The van der Waals surface area contributed by atoms with E-state index in [0.717, 1.165) is 32.1 Å². The topological polar surface area (TPSA) is 161 Å². The van der Waals surface area contributed by atoms with E-state index >= 15 is 0 Å². The second kappa shape index (κ2) is 11.7. The lowest BCUT2D eigenvalue weighted by molar-refractivity contribution is 0.0910. The Bertz CT molecular complexity index is 3110. The number of nitrogens with zero attached hydrogens (tertiary/aromatic N) is 4. The van der Waals surface area contributed by atoms with E-state index < -0.39 is 34.9 Å². The van der Waals surface area contributed by atoms with Crippen molar-refractivity contribution in [2.45, 2.75) is 6.42 Å². The zero-order valence-corrected chi connectivity index (χ0v) is 29.3. The zero-order valence-electron chi connectivity index (χ0n) is 29.3. The van der Waals surface area contributed by atoms with Gasteiger partial charge >= 0.3 is 11.3 Å². The Morgan fingerprint density at radius 3 is 1.30 bits per heavy atom. The molecule has 8 aromatic rings. The third kappa shape index (κ3) is 4.74. The SMILES string of the molecule is O=C1c2ccc(-c3nc4ccccc4c(=O)o3)cc2C(=O)N1c1ccc2c(c1)-c1cc(N3C(=O)c4ccc(-c5nc6ccccc6c(=O)o5)cc4C3=O)ccc1C2. The van der Waals surface area contributed by atoms with E-state index in [1.165, 1.54) is 24.3 Å². The number of aromatic nitrogens is 2. The first-order valence-corrected chi connectivity index (χ1v) is 17.8. The molecule has 1 aliphatic carbocycles. The molecule has 270 valence electrons. The van der Waals surface area contributed by atoms with Gasteiger partial charge in [0.05, 0.1) is 55.4 Å². The molecule has 0 unspecified atom stereocenters. The number of amides is 4. The molecule has 6 aromatic carbocycles. The highest BCUT2D eigenvalue weighted by molar-refractivity contribution is 6.35. The van der Waals surface area contributed by atoms with Crippen molar-refractivity contribution >= 4 is 56.8 Å². The van der Waals surface area contributed by atoms with Crippen molar-refractivity contribution in [3.05, 3.63) is 176 Å². The van der Waals surface area contributed by atoms with Gasteiger partial charge in [0.1, 0.15) is 0 Å². The van der Waals surface area contributed by atoms with Crippen molar-refractivity contribution in [2.75, 3.05) is 9.80 Å². The summed E-state index contributed by atoms with van der Waals surface area (Å²) in [6.45, 7) is 0. The summed E-state index contributed by atoms with van der Waals surface area (Å²) in [5.74, 6) is -2.06. The number of rotatable bonds is 4. The van der Waals surface area contributed by atoms with Gasteiger partial charge in [-0.25, -0.2) is 29.4 Å². The van der Waals surface area contributed by atoms with Crippen LogP contribution in [0.4, 0.5) is 11.4 Å². The lowest BCUT2D eigenvalue weighted by atomic mass is 10.0. The molecule has 11 rings (SSSR count). The summed E-state index contributed by atoms with van der Waals surface area (Å²) < 4.78 is 10.9. The minimum atomic E-state index is -0.565. The lowest BCUT2D eigenvalue weighted by Crippen LogP contribution is -2.29. The van der Waals surface area contributed by atoms with Crippen LogP contribution in [0.3, 0.4) is 0 Å². The Hall–Kier alpha value is -8.12. The third-order valence-corrected chi connectivity index (χ3v) is 10.7. The number of anilines is 2. The Kier molecular flexibility index (Phi) is 6.63. The van der Waals surface area contributed by atoms with Gasteiger partial charge in [0, 0.05) is 11.1 Å². The molecular weight excluding hydrogens is 725 g/mol. The van der Waals surface area contributed by atoms with Crippen LogP contribution in [0, 0.1) is 0 Å². The van der Waals surface area contributed by atoms with Crippen molar-refractivity contribution in [1.82, 2.24) is 9.97 Å². The molecule has 0 bridgehead atoms. The summed E-state index contributed by atoms with van der Waals surface area (Å²) in [5, 5.41) is 0.658. The predicted molar refractivity (Wildman–Crippen MR) is 208 cm³/mol. The highest BCUT2D eigenvalue weighted by Crippen LogP contribution is 2.43. The van der Waals surface area contributed by atoms with Crippen LogP contribution >= 0.6 is 0 Å². The summed E-state index contributed by atoms with van der Waals surface area (Å²) in [6.07, 6.45) is 0.566. The first kappa shape index (κ1) is 32.3. The lowest BCUT2D eigenvalue weighted by Gasteiger charge is -2.17. The van der Waals surface area contributed by atoms with Crippen LogP contribution < -0.4 is 21.1 Å². The molecule has 0 spiro atoms. The number of para-hydroxylation sites is 2. The molecule has 0 saturated heterocycles. The van der Waals surface area contributed by atoms with Gasteiger partial charge in [-0.15, -0.1) is 0 Å². The molecule has 12 nitrogen and oxygen atoms in total. The number of hydrogen-bond acceptors (Lipinski definition) is 10. The highest BCUT2D eigenvalue weighted by atomic mass is 16.4. The van der Waals surface area contributed by atoms with Crippen molar-refractivity contribution in [3.63, 3.8) is 0 Å². The van der Waals surface area contributed by atoms with E-state index in [9.17, 15) is 28.8 Å². The second-order valence-electron chi connectivity index (χ2n) is 13.9. The van der Waals surface area contributed by atoms with Gasteiger partial charge in [-0.05, 0) is 114 Å². The van der Waals surface area contributed by atoms with E-state index in [4.69, 9.17) is 8.83 Å². The van der Waals surface area contributed by atoms with E-state index in [1.807, 2.05) is 12.1 Å². The largest absolute Gasteiger partial charge is 0.403 e. The minimum absolute atomic E-state index is 0.0268. The molecular formula is C45H22N4O8. The Morgan fingerprint density at radius 2 is 0.842 bits per heavy atom. The van der Waals surface area contributed by atoms with Gasteiger partial charge in [-0.3, -0.25) is 19.2 Å². The van der Waals surface area contributed by atoms with Crippen molar-refractivity contribution in [3.8, 4) is 34.0 Å². The van der Waals surface area contributed by atoms with E-state index in [1.54, 1.807) is 84.9 Å². The average Bonchev–Trinajstić information content (AvgIpc) is 3.81. The average molecular weight is 747 g/mol. The molecule has 0 radical (unpaired) electrons. The minimum Gasteiger partial charge on any atom is -0.403 e. The van der Waals surface area contributed by atoms with Crippen LogP contribution in [-0.2, 0) is 6.42 Å². The van der Waals surface area contributed by atoms with Crippen molar-refractivity contribution < 1.29 is 28.0 Å². The molecule has 2 aromatic heterocycles. The van der Waals surface area contributed by atoms with Crippen LogP contribution in [0.15, 0.2) is 140 Å². The summed E-state index contributed by atoms with van der Waals surface area (Å²) in [7, 11) is 0. The first-order chi connectivity index (χ1) is 27.7. The number of hydrogen-bond donors (Lipinski definition) is 0. The molecule has 12 heteroatoms. The number of carbonyl (C=O) groups excluding carboxylic acids is 4. The molecule has 4 amide bonds. The maximum absolute atomic E-state index is 13.9. The third-order valence-electron chi connectivity index (χ3n) is 10.7. The smallest absolute Gasteiger partial charge is 0.347 e.